The first-order valence-electron chi connectivity index (χ1n) is 7.88. The molecule has 128 valence electrons. The lowest BCUT2D eigenvalue weighted by Crippen LogP contribution is -1.94. The van der Waals surface area contributed by atoms with Crippen LogP contribution in [0.4, 0.5) is 0 Å². The number of aryl methyl sites for hydroxylation is 1. The Morgan fingerprint density at radius 1 is 1.12 bits per heavy atom. The third-order valence-electron chi connectivity index (χ3n) is 3.64. The lowest BCUT2D eigenvalue weighted by Gasteiger charge is -2.05. The zero-order valence-corrected chi connectivity index (χ0v) is 15.7. The van der Waals surface area contributed by atoms with E-state index in [0.717, 1.165) is 31.8 Å². The molecule has 2 aromatic carbocycles. The largest absolute Gasteiger partial charge is 0.378 e. The minimum absolute atomic E-state index is 0.471. The maximum atomic E-state index is 6.12. The van der Waals surface area contributed by atoms with Gasteiger partial charge in [-0.3, -0.25) is 4.68 Å². The van der Waals surface area contributed by atoms with Gasteiger partial charge < -0.3 is 4.74 Å². The Morgan fingerprint density at radius 3 is 2.64 bits per heavy atom. The van der Waals surface area contributed by atoms with Crippen LogP contribution in [0.15, 0.2) is 64.5 Å². The van der Waals surface area contributed by atoms with Crippen molar-refractivity contribution < 1.29 is 4.74 Å². The number of aromatic nitrogens is 2. The fraction of sp³-hybridized carbons (Fsp3) is 0.150. The van der Waals surface area contributed by atoms with Gasteiger partial charge in [-0.25, -0.2) is 0 Å². The number of ether oxygens (including phenoxy) is 1. The Hall–Kier alpha value is -2.01. The van der Waals surface area contributed by atoms with E-state index in [1.807, 2.05) is 54.2 Å². The van der Waals surface area contributed by atoms with E-state index >= 15 is 0 Å². The number of rotatable bonds is 6. The number of methoxy groups -OCH3 is 1. The van der Waals surface area contributed by atoms with Gasteiger partial charge in [-0.1, -0.05) is 65.8 Å². The van der Waals surface area contributed by atoms with Crippen molar-refractivity contribution in [1.29, 1.82) is 0 Å². The molecule has 0 N–H and O–H groups in total. The van der Waals surface area contributed by atoms with E-state index in [2.05, 4.69) is 29.4 Å². The fourth-order valence-corrected chi connectivity index (χ4v) is 3.78. The van der Waals surface area contributed by atoms with E-state index in [1.54, 1.807) is 18.9 Å². The van der Waals surface area contributed by atoms with Crippen molar-refractivity contribution in [2.75, 3.05) is 7.11 Å². The van der Waals surface area contributed by atoms with E-state index in [4.69, 9.17) is 16.3 Å². The molecule has 25 heavy (non-hydrogen) atoms. The molecular weight excluding hydrogens is 352 g/mol. The van der Waals surface area contributed by atoms with Crippen molar-refractivity contribution in [2.45, 2.75) is 16.5 Å². The van der Waals surface area contributed by atoms with Crippen LogP contribution in [-0.4, -0.2) is 16.9 Å². The molecule has 0 fully saturated rings. The minimum atomic E-state index is 0.471. The molecule has 0 amide bonds. The van der Waals surface area contributed by atoms with Crippen LogP contribution in [0.2, 0.25) is 5.02 Å². The van der Waals surface area contributed by atoms with Gasteiger partial charge >= 0.3 is 0 Å². The van der Waals surface area contributed by atoms with Gasteiger partial charge in [-0.05, 0) is 29.8 Å². The highest BCUT2D eigenvalue weighted by molar-refractivity contribution is 7.99. The average Bonchev–Trinajstić information content (AvgIpc) is 2.89. The summed E-state index contributed by atoms with van der Waals surface area (Å²) >= 11 is 7.76. The van der Waals surface area contributed by atoms with Crippen molar-refractivity contribution in [1.82, 2.24) is 9.78 Å². The Morgan fingerprint density at radius 2 is 1.92 bits per heavy atom. The van der Waals surface area contributed by atoms with Crippen molar-refractivity contribution in [3.8, 4) is 0 Å². The van der Waals surface area contributed by atoms with Gasteiger partial charge in [0, 0.05) is 29.6 Å². The first-order chi connectivity index (χ1) is 12.2. The second-order valence-corrected chi connectivity index (χ2v) is 7.02. The minimum Gasteiger partial charge on any atom is -0.378 e. The zero-order chi connectivity index (χ0) is 17.6. The molecule has 0 unspecified atom stereocenters. The Balaban J connectivity index is 1.97. The molecule has 0 aliphatic carbocycles. The standard InChI is InChI=1S/C20H19ClN2OS/c1-23-20(25-17-10-6-9-16(21)13-17)18(19(22-23)14-24-2)12-11-15-7-4-3-5-8-15/h3-13H,14H2,1-2H3. The lowest BCUT2D eigenvalue weighted by atomic mass is 10.1. The van der Waals surface area contributed by atoms with Crippen LogP contribution >= 0.6 is 23.4 Å². The van der Waals surface area contributed by atoms with Gasteiger partial charge in [0.25, 0.3) is 0 Å². The van der Waals surface area contributed by atoms with Crippen LogP contribution in [-0.2, 0) is 18.4 Å². The molecule has 0 spiro atoms. The third kappa shape index (κ3) is 4.54. The Labute approximate surface area is 157 Å². The first kappa shape index (κ1) is 17.8. The second kappa shape index (κ2) is 8.39. The summed E-state index contributed by atoms with van der Waals surface area (Å²) in [5.74, 6) is 0. The maximum Gasteiger partial charge on any atom is 0.106 e. The van der Waals surface area contributed by atoms with Crippen LogP contribution in [0.25, 0.3) is 12.2 Å². The highest BCUT2D eigenvalue weighted by Gasteiger charge is 2.15. The Kier molecular flexibility index (Phi) is 5.97. The monoisotopic (exact) mass is 370 g/mol. The molecular formula is C20H19ClN2OS. The SMILES string of the molecule is COCc1nn(C)c(Sc2cccc(Cl)c2)c1C=Cc1ccccc1. The molecule has 0 radical (unpaired) electrons. The summed E-state index contributed by atoms with van der Waals surface area (Å²) < 4.78 is 7.21. The van der Waals surface area contributed by atoms with E-state index in [1.165, 1.54) is 0 Å². The van der Waals surface area contributed by atoms with Crippen LogP contribution in [0, 0.1) is 0 Å². The van der Waals surface area contributed by atoms with Gasteiger partial charge in [0.1, 0.15) is 5.03 Å². The van der Waals surface area contributed by atoms with Crippen molar-refractivity contribution in [2.24, 2.45) is 7.05 Å². The van der Waals surface area contributed by atoms with E-state index < -0.39 is 0 Å². The molecule has 0 aliphatic heterocycles. The molecule has 3 nitrogen and oxygen atoms in total. The van der Waals surface area contributed by atoms with Gasteiger partial charge in [0.05, 0.1) is 12.3 Å². The summed E-state index contributed by atoms with van der Waals surface area (Å²) in [6.07, 6.45) is 4.20. The molecule has 0 atom stereocenters. The summed E-state index contributed by atoms with van der Waals surface area (Å²) in [5.41, 5.74) is 3.13. The maximum absolute atomic E-state index is 6.12. The van der Waals surface area contributed by atoms with Crippen molar-refractivity contribution in [3.63, 3.8) is 0 Å². The van der Waals surface area contributed by atoms with Crippen molar-refractivity contribution in [3.05, 3.63) is 76.4 Å². The van der Waals surface area contributed by atoms with Crippen LogP contribution < -0.4 is 0 Å². The van der Waals surface area contributed by atoms with E-state index in [0.29, 0.717) is 6.61 Å². The smallest absolute Gasteiger partial charge is 0.106 e. The number of benzene rings is 2. The summed E-state index contributed by atoms with van der Waals surface area (Å²) in [6.45, 7) is 0.471. The van der Waals surface area contributed by atoms with Gasteiger partial charge in [0.2, 0.25) is 0 Å². The molecule has 3 rings (SSSR count). The van der Waals surface area contributed by atoms with Crippen LogP contribution in [0.1, 0.15) is 16.8 Å². The molecule has 5 heteroatoms. The molecule has 0 bridgehead atoms. The van der Waals surface area contributed by atoms with Gasteiger partial charge in [-0.15, -0.1) is 0 Å². The average molecular weight is 371 g/mol. The second-order valence-electron chi connectivity index (χ2n) is 5.53. The van der Waals surface area contributed by atoms with Crippen LogP contribution in [0.5, 0.6) is 0 Å². The highest BCUT2D eigenvalue weighted by Crippen LogP contribution is 2.34. The number of halogens is 1. The molecule has 1 aromatic heterocycles. The summed E-state index contributed by atoms with van der Waals surface area (Å²) in [5, 5.41) is 6.40. The zero-order valence-electron chi connectivity index (χ0n) is 14.1. The van der Waals surface area contributed by atoms with Gasteiger partial charge in [0.15, 0.2) is 0 Å². The molecule has 0 saturated carbocycles. The molecule has 3 aromatic rings. The predicted octanol–water partition coefficient (Wildman–Crippen LogP) is 5.54. The molecule has 1 heterocycles. The summed E-state index contributed by atoms with van der Waals surface area (Å²) in [7, 11) is 3.63. The summed E-state index contributed by atoms with van der Waals surface area (Å²) in [4.78, 5) is 1.08. The number of hydrogen-bond donors (Lipinski definition) is 0. The number of hydrogen-bond acceptors (Lipinski definition) is 3. The van der Waals surface area contributed by atoms with Gasteiger partial charge in [-0.2, -0.15) is 5.10 Å². The number of nitrogens with zero attached hydrogens (tertiary/aromatic N) is 2. The summed E-state index contributed by atoms with van der Waals surface area (Å²) in [6, 6.07) is 18.1. The quantitative estimate of drug-likeness (QED) is 0.569. The highest BCUT2D eigenvalue weighted by atomic mass is 35.5. The normalized spacial score (nSPS) is 11.3. The van der Waals surface area contributed by atoms with E-state index in [-0.39, 0.29) is 0 Å². The fourth-order valence-electron chi connectivity index (χ4n) is 2.50. The molecule has 0 saturated heterocycles. The topological polar surface area (TPSA) is 27.1 Å². The third-order valence-corrected chi connectivity index (χ3v) is 5.04. The van der Waals surface area contributed by atoms with Crippen LogP contribution in [0.3, 0.4) is 0 Å². The predicted molar refractivity (Wildman–Crippen MR) is 105 cm³/mol. The molecule has 0 aliphatic rings. The van der Waals surface area contributed by atoms with E-state index in [9.17, 15) is 0 Å². The first-order valence-corrected chi connectivity index (χ1v) is 9.08. The lowest BCUT2D eigenvalue weighted by molar-refractivity contribution is 0.180. The van der Waals surface area contributed by atoms with Crippen molar-refractivity contribution >= 4 is 35.5 Å². The Bertz CT molecular complexity index is 875.